The SMILES string of the molecule is O=C1CCN(Cc2ccccc2)CC1CO[C@H]1CC[C@@H](c2ccccc2)CC1. The molecule has 28 heavy (non-hydrogen) atoms. The van der Waals surface area contributed by atoms with Crippen molar-refractivity contribution >= 4 is 5.78 Å². The molecule has 3 nitrogen and oxygen atoms in total. The van der Waals surface area contributed by atoms with Crippen LogP contribution in [0.4, 0.5) is 0 Å². The Bertz CT molecular complexity index is 738. The van der Waals surface area contributed by atoms with Crippen molar-refractivity contribution in [2.45, 2.75) is 50.7 Å². The van der Waals surface area contributed by atoms with E-state index in [1.165, 1.54) is 24.0 Å². The molecule has 0 spiro atoms. The molecule has 0 bridgehead atoms. The molecule has 0 amide bonds. The molecule has 1 saturated heterocycles. The van der Waals surface area contributed by atoms with Crippen molar-refractivity contribution in [1.82, 2.24) is 4.90 Å². The number of hydrogen-bond donors (Lipinski definition) is 0. The Morgan fingerprint density at radius 3 is 2.29 bits per heavy atom. The highest BCUT2D eigenvalue weighted by Crippen LogP contribution is 2.34. The van der Waals surface area contributed by atoms with Crippen LogP contribution in [0.15, 0.2) is 60.7 Å². The van der Waals surface area contributed by atoms with Gasteiger partial charge in [-0.05, 0) is 42.7 Å². The Morgan fingerprint density at radius 1 is 0.893 bits per heavy atom. The third-order valence-electron chi connectivity index (χ3n) is 6.34. The first-order chi connectivity index (χ1) is 13.8. The van der Waals surface area contributed by atoms with Gasteiger partial charge in [0.25, 0.3) is 0 Å². The van der Waals surface area contributed by atoms with Gasteiger partial charge in [0.15, 0.2) is 0 Å². The number of hydrogen-bond acceptors (Lipinski definition) is 3. The summed E-state index contributed by atoms with van der Waals surface area (Å²) in [5.41, 5.74) is 2.77. The zero-order chi connectivity index (χ0) is 19.2. The number of ether oxygens (including phenoxy) is 1. The second-order valence-corrected chi connectivity index (χ2v) is 8.35. The van der Waals surface area contributed by atoms with Crippen molar-refractivity contribution in [1.29, 1.82) is 0 Å². The third kappa shape index (κ3) is 5.09. The van der Waals surface area contributed by atoms with E-state index in [1.54, 1.807) is 0 Å². The fraction of sp³-hybridized carbons (Fsp3) is 0.480. The second-order valence-electron chi connectivity index (χ2n) is 8.35. The first kappa shape index (κ1) is 19.4. The van der Waals surface area contributed by atoms with Gasteiger partial charge in [-0.25, -0.2) is 0 Å². The van der Waals surface area contributed by atoms with E-state index in [0.717, 1.165) is 32.5 Å². The van der Waals surface area contributed by atoms with Crippen molar-refractivity contribution in [3.8, 4) is 0 Å². The molecular formula is C25H31NO2. The normalized spacial score (nSPS) is 26.3. The molecule has 0 N–H and O–H groups in total. The minimum absolute atomic E-state index is 0.0318. The summed E-state index contributed by atoms with van der Waals surface area (Å²) in [6.45, 7) is 3.21. The first-order valence-corrected chi connectivity index (χ1v) is 10.7. The van der Waals surface area contributed by atoms with Gasteiger partial charge in [-0.15, -0.1) is 0 Å². The zero-order valence-corrected chi connectivity index (χ0v) is 16.6. The molecule has 1 aliphatic heterocycles. The van der Waals surface area contributed by atoms with Gasteiger partial charge >= 0.3 is 0 Å². The maximum Gasteiger partial charge on any atom is 0.140 e. The summed E-state index contributed by atoms with van der Waals surface area (Å²) in [6.07, 6.45) is 5.56. The first-order valence-electron chi connectivity index (χ1n) is 10.7. The van der Waals surface area contributed by atoms with Crippen LogP contribution in [0.5, 0.6) is 0 Å². The van der Waals surface area contributed by atoms with E-state index < -0.39 is 0 Å². The maximum atomic E-state index is 12.4. The average molecular weight is 378 g/mol. The fourth-order valence-corrected chi connectivity index (χ4v) is 4.65. The Kier molecular flexibility index (Phi) is 6.56. The van der Waals surface area contributed by atoms with E-state index in [2.05, 4.69) is 59.5 Å². The fourth-order valence-electron chi connectivity index (χ4n) is 4.65. The monoisotopic (exact) mass is 377 g/mol. The van der Waals surface area contributed by atoms with E-state index in [4.69, 9.17) is 4.74 Å². The van der Waals surface area contributed by atoms with E-state index in [9.17, 15) is 4.79 Å². The molecule has 2 aromatic rings. The number of carbonyl (C=O) groups excluding carboxylic acids is 1. The van der Waals surface area contributed by atoms with Crippen LogP contribution in [0, 0.1) is 5.92 Å². The minimum atomic E-state index is 0.0318. The number of benzene rings is 2. The molecule has 2 aromatic carbocycles. The lowest BCUT2D eigenvalue weighted by Crippen LogP contribution is -2.42. The summed E-state index contributed by atoms with van der Waals surface area (Å²) in [4.78, 5) is 14.8. The lowest BCUT2D eigenvalue weighted by molar-refractivity contribution is -0.130. The van der Waals surface area contributed by atoms with Gasteiger partial charge in [0.1, 0.15) is 5.78 Å². The predicted molar refractivity (Wildman–Crippen MR) is 112 cm³/mol. The number of likely N-dealkylation sites (tertiary alicyclic amines) is 1. The Morgan fingerprint density at radius 2 is 1.57 bits per heavy atom. The van der Waals surface area contributed by atoms with Gasteiger partial charge < -0.3 is 4.74 Å². The van der Waals surface area contributed by atoms with E-state index in [1.807, 2.05) is 6.07 Å². The topological polar surface area (TPSA) is 29.5 Å². The van der Waals surface area contributed by atoms with Gasteiger partial charge in [0, 0.05) is 26.1 Å². The Labute approximate surface area is 168 Å². The summed E-state index contributed by atoms with van der Waals surface area (Å²) < 4.78 is 6.23. The van der Waals surface area contributed by atoms with Crippen molar-refractivity contribution in [2.24, 2.45) is 5.92 Å². The summed E-state index contributed by atoms with van der Waals surface area (Å²) in [6, 6.07) is 21.4. The maximum absolute atomic E-state index is 12.4. The molecule has 2 fully saturated rings. The molecule has 4 rings (SSSR count). The number of carbonyl (C=O) groups is 1. The summed E-state index contributed by atoms with van der Waals surface area (Å²) in [5.74, 6) is 1.07. The summed E-state index contributed by atoms with van der Waals surface area (Å²) in [7, 11) is 0. The van der Waals surface area contributed by atoms with Gasteiger partial charge in [0.2, 0.25) is 0 Å². The van der Waals surface area contributed by atoms with Gasteiger partial charge in [-0.3, -0.25) is 9.69 Å². The zero-order valence-electron chi connectivity index (χ0n) is 16.6. The molecule has 2 aliphatic rings. The average Bonchev–Trinajstić information content (AvgIpc) is 2.76. The summed E-state index contributed by atoms with van der Waals surface area (Å²) in [5, 5.41) is 0. The van der Waals surface area contributed by atoms with Crippen molar-refractivity contribution < 1.29 is 9.53 Å². The number of Topliss-reactive ketones (excluding diaryl/α,β-unsaturated/α-hetero) is 1. The molecule has 1 atom stereocenters. The van der Waals surface area contributed by atoms with Crippen molar-refractivity contribution in [3.63, 3.8) is 0 Å². The molecule has 1 unspecified atom stereocenters. The molecule has 1 aliphatic carbocycles. The second kappa shape index (κ2) is 9.49. The highest BCUT2D eigenvalue weighted by atomic mass is 16.5. The van der Waals surface area contributed by atoms with Gasteiger partial charge in [-0.2, -0.15) is 0 Å². The number of piperidine rings is 1. The van der Waals surface area contributed by atoms with E-state index in [0.29, 0.717) is 30.8 Å². The lowest BCUT2D eigenvalue weighted by atomic mass is 9.83. The largest absolute Gasteiger partial charge is 0.377 e. The predicted octanol–water partition coefficient (Wildman–Crippen LogP) is 4.82. The smallest absolute Gasteiger partial charge is 0.140 e. The molecule has 148 valence electrons. The quantitative estimate of drug-likeness (QED) is 0.723. The standard InChI is InChI=1S/C25H31NO2/c27-25-15-16-26(17-20-7-3-1-4-8-20)18-23(25)19-28-24-13-11-22(12-14-24)21-9-5-2-6-10-21/h1-10,22-24H,11-19H2/t22-,23?,24+. The van der Waals surface area contributed by atoms with Crippen LogP contribution in [0.3, 0.4) is 0 Å². The Balaban J connectivity index is 1.23. The number of rotatable bonds is 6. The molecule has 1 saturated carbocycles. The highest BCUT2D eigenvalue weighted by Gasteiger charge is 2.29. The highest BCUT2D eigenvalue weighted by molar-refractivity contribution is 5.82. The summed E-state index contributed by atoms with van der Waals surface area (Å²) >= 11 is 0. The van der Waals surface area contributed by atoms with Crippen LogP contribution in [0.2, 0.25) is 0 Å². The third-order valence-corrected chi connectivity index (χ3v) is 6.34. The van der Waals surface area contributed by atoms with Crippen LogP contribution < -0.4 is 0 Å². The molecule has 0 radical (unpaired) electrons. The van der Waals surface area contributed by atoms with Crippen LogP contribution in [-0.4, -0.2) is 36.5 Å². The van der Waals surface area contributed by atoms with Crippen LogP contribution in [-0.2, 0) is 16.1 Å². The number of nitrogens with zero attached hydrogens (tertiary/aromatic N) is 1. The number of ketones is 1. The van der Waals surface area contributed by atoms with E-state index >= 15 is 0 Å². The van der Waals surface area contributed by atoms with Crippen molar-refractivity contribution in [2.75, 3.05) is 19.7 Å². The minimum Gasteiger partial charge on any atom is -0.377 e. The molecule has 3 heteroatoms. The Hall–Kier alpha value is -1.97. The molecule has 1 heterocycles. The van der Waals surface area contributed by atoms with Crippen LogP contribution >= 0.6 is 0 Å². The molecule has 0 aromatic heterocycles. The van der Waals surface area contributed by atoms with Crippen molar-refractivity contribution in [3.05, 3.63) is 71.8 Å². The lowest BCUT2D eigenvalue weighted by Gasteiger charge is -2.34. The van der Waals surface area contributed by atoms with Gasteiger partial charge in [-0.1, -0.05) is 60.7 Å². The van der Waals surface area contributed by atoms with Crippen LogP contribution in [0.25, 0.3) is 0 Å². The van der Waals surface area contributed by atoms with Crippen LogP contribution in [0.1, 0.15) is 49.1 Å². The van der Waals surface area contributed by atoms with Gasteiger partial charge in [0.05, 0.1) is 18.6 Å². The molecular weight excluding hydrogens is 346 g/mol. The van der Waals surface area contributed by atoms with E-state index in [-0.39, 0.29) is 5.92 Å².